The second-order valence-corrected chi connectivity index (χ2v) is 9.86. The van der Waals surface area contributed by atoms with Crippen molar-refractivity contribution < 1.29 is 26.9 Å². The largest absolute Gasteiger partial charge is 0.497 e. The SMILES string of the molecule is COc1ccc(S(=O)(=O)Oc2ccc(CN(CC3CC3)C(=O)Nc3ccccc3OC)cc2)cc1. The fourth-order valence-corrected chi connectivity index (χ4v) is 4.49. The summed E-state index contributed by atoms with van der Waals surface area (Å²) in [5, 5.41) is 2.93. The Balaban J connectivity index is 1.43. The van der Waals surface area contributed by atoms with Gasteiger partial charge in [0.05, 0.1) is 19.9 Å². The number of nitrogens with one attached hydrogen (secondary N) is 1. The molecule has 8 nitrogen and oxygen atoms in total. The lowest BCUT2D eigenvalue weighted by Gasteiger charge is -2.24. The molecular formula is C26H28N2O6S. The van der Waals surface area contributed by atoms with E-state index in [2.05, 4.69) is 5.32 Å². The Labute approximate surface area is 205 Å². The average molecular weight is 497 g/mol. The van der Waals surface area contributed by atoms with Gasteiger partial charge >= 0.3 is 16.1 Å². The number of amides is 2. The van der Waals surface area contributed by atoms with Crippen molar-refractivity contribution in [2.45, 2.75) is 24.3 Å². The first-order chi connectivity index (χ1) is 16.9. The predicted molar refractivity (Wildman–Crippen MR) is 132 cm³/mol. The average Bonchev–Trinajstić information content (AvgIpc) is 3.69. The van der Waals surface area contributed by atoms with Crippen LogP contribution in [0.2, 0.25) is 0 Å². The molecule has 2 amide bonds. The van der Waals surface area contributed by atoms with Gasteiger partial charge in [-0.25, -0.2) is 4.79 Å². The molecule has 0 bridgehead atoms. The van der Waals surface area contributed by atoms with Gasteiger partial charge in [-0.15, -0.1) is 0 Å². The van der Waals surface area contributed by atoms with Gasteiger partial charge in [0.2, 0.25) is 0 Å². The minimum Gasteiger partial charge on any atom is -0.497 e. The molecule has 0 unspecified atom stereocenters. The molecule has 0 radical (unpaired) electrons. The van der Waals surface area contributed by atoms with Crippen LogP contribution in [-0.4, -0.2) is 40.1 Å². The van der Waals surface area contributed by atoms with Gasteiger partial charge in [0.15, 0.2) is 0 Å². The molecule has 0 aromatic heterocycles. The zero-order chi connectivity index (χ0) is 24.8. The zero-order valence-corrected chi connectivity index (χ0v) is 20.5. The third kappa shape index (κ3) is 6.45. The second kappa shape index (κ2) is 10.7. The third-order valence-electron chi connectivity index (χ3n) is 5.66. The number of hydrogen-bond donors (Lipinski definition) is 1. The molecule has 1 aliphatic rings. The van der Waals surface area contributed by atoms with Crippen LogP contribution in [0, 0.1) is 5.92 Å². The summed E-state index contributed by atoms with van der Waals surface area (Å²) in [7, 11) is -0.908. The number of benzene rings is 3. The molecule has 0 aliphatic heterocycles. The Morgan fingerprint density at radius 1 is 0.914 bits per heavy atom. The summed E-state index contributed by atoms with van der Waals surface area (Å²) in [5.41, 5.74) is 1.46. The lowest BCUT2D eigenvalue weighted by atomic mass is 10.2. The van der Waals surface area contributed by atoms with Crippen molar-refractivity contribution in [3.8, 4) is 17.2 Å². The Hall–Kier alpha value is -3.72. The van der Waals surface area contributed by atoms with Crippen molar-refractivity contribution in [3.05, 3.63) is 78.4 Å². The van der Waals surface area contributed by atoms with E-state index in [1.807, 2.05) is 12.1 Å². The monoisotopic (exact) mass is 496 g/mol. The smallest absolute Gasteiger partial charge is 0.339 e. The van der Waals surface area contributed by atoms with Gasteiger partial charge in [-0.3, -0.25) is 0 Å². The minimum atomic E-state index is -3.98. The maximum Gasteiger partial charge on any atom is 0.339 e. The van der Waals surface area contributed by atoms with Gasteiger partial charge in [-0.2, -0.15) is 8.42 Å². The first-order valence-corrected chi connectivity index (χ1v) is 12.6. The van der Waals surface area contributed by atoms with Crippen LogP contribution in [0.5, 0.6) is 17.2 Å². The maximum atomic E-state index is 13.1. The van der Waals surface area contributed by atoms with Gasteiger partial charge in [0.1, 0.15) is 22.1 Å². The number of anilines is 1. The Morgan fingerprint density at radius 3 is 2.20 bits per heavy atom. The lowest BCUT2D eigenvalue weighted by molar-refractivity contribution is 0.206. The summed E-state index contributed by atoms with van der Waals surface area (Å²) in [6.07, 6.45) is 2.21. The molecule has 4 rings (SSSR count). The van der Waals surface area contributed by atoms with E-state index in [-0.39, 0.29) is 16.7 Å². The number of nitrogens with zero attached hydrogens (tertiary/aromatic N) is 1. The van der Waals surface area contributed by atoms with E-state index in [0.29, 0.717) is 36.2 Å². The maximum absolute atomic E-state index is 13.1. The second-order valence-electron chi connectivity index (χ2n) is 8.31. The van der Waals surface area contributed by atoms with Crippen LogP contribution < -0.4 is 19.0 Å². The van der Waals surface area contributed by atoms with E-state index in [1.54, 1.807) is 60.5 Å². The number of para-hydroxylation sites is 2. The van der Waals surface area contributed by atoms with Crippen LogP contribution in [0.3, 0.4) is 0 Å². The summed E-state index contributed by atoms with van der Waals surface area (Å²) in [6.45, 7) is 1.02. The summed E-state index contributed by atoms with van der Waals surface area (Å²) in [6, 6.07) is 19.7. The highest BCUT2D eigenvalue weighted by Gasteiger charge is 2.27. The molecule has 3 aromatic rings. The molecule has 3 aromatic carbocycles. The van der Waals surface area contributed by atoms with E-state index >= 15 is 0 Å². The van der Waals surface area contributed by atoms with Crippen molar-refractivity contribution in [3.63, 3.8) is 0 Å². The number of carbonyl (C=O) groups excluding carboxylic acids is 1. The summed E-state index contributed by atoms with van der Waals surface area (Å²) in [5.74, 6) is 1.83. The van der Waals surface area contributed by atoms with Crippen LogP contribution >= 0.6 is 0 Å². The van der Waals surface area contributed by atoms with E-state index in [9.17, 15) is 13.2 Å². The van der Waals surface area contributed by atoms with E-state index in [1.165, 1.54) is 19.2 Å². The van der Waals surface area contributed by atoms with Crippen molar-refractivity contribution in [2.75, 3.05) is 26.1 Å². The zero-order valence-electron chi connectivity index (χ0n) is 19.6. The molecule has 0 spiro atoms. The number of rotatable bonds is 10. The van der Waals surface area contributed by atoms with Crippen molar-refractivity contribution in [2.24, 2.45) is 5.92 Å². The number of ether oxygens (including phenoxy) is 2. The highest BCUT2D eigenvalue weighted by Crippen LogP contribution is 2.31. The quantitative estimate of drug-likeness (QED) is 0.401. The van der Waals surface area contributed by atoms with Gasteiger partial charge < -0.3 is 23.9 Å². The normalized spacial score (nSPS) is 13.1. The molecule has 35 heavy (non-hydrogen) atoms. The molecule has 0 heterocycles. The highest BCUT2D eigenvalue weighted by atomic mass is 32.2. The Kier molecular flexibility index (Phi) is 7.45. The van der Waals surface area contributed by atoms with E-state index in [0.717, 1.165) is 18.4 Å². The van der Waals surface area contributed by atoms with Gasteiger partial charge in [0.25, 0.3) is 0 Å². The molecule has 0 atom stereocenters. The minimum absolute atomic E-state index is 0.0333. The first-order valence-electron chi connectivity index (χ1n) is 11.2. The molecule has 1 saturated carbocycles. The summed E-state index contributed by atoms with van der Waals surface area (Å²) in [4.78, 5) is 14.8. The molecule has 184 valence electrons. The molecular weight excluding hydrogens is 468 g/mol. The Bertz CT molecular complexity index is 1260. The van der Waals surface area contributed by atoms with Crippen LogP contribution in [0.25, 0.3) is 0 Å². The van der Waals surface area contributed by atoms with Crippen molar-refractivity contribution in [1.29, 1.82) is 0 Å². The predicted octanol–water partition coefficient (Wildman–Crippen LogP) is 4.92. The topological polar surface area (TPSA) is 94.2 Å². The van der Waals surface area contributed by atoms with E-state index in [4.69, 9.17) is 13.7 Å². The number of methoxy groups -OCH3 is 2. The number of carbonyl (C=O) groups is 1. The lowest BCUT2D eigenvalue weighted by Crippen LogP contribution is -2.36. The van der Waals surface area contributed by atoms with Crippen LogP contribution in [0.15, 0.2) is 77.7 Å². The molecule has 0 saturated heterocycles. The molecule has 1 fully saturated rings. The first kappa shape index (κ1) is 24.4. The van der Waals surface area contributed by atoms with Gasteiger partial charge in [0, 0.05) is 13.1 Å². The summed E-state index contributed by atoms with van der Waals surface area (Å²) < 4.78 is 40.8. The van der Waals surface area contributed by atoms with Crippen LogP contribution in [0.4, 0.5) is 10.5 Å². The fraction of sp³-hybridized carbons (Fsp3) is 0.269. The summed E-state index contributed by atoms with van der Waals surface area (Å²) >= 11 is 0. The molecule has 9 heteroatoms. The van der Waals surface area contributed by atoms with E-state index < -0.39 is 10.1 Å². The van der Waals surface area contributed by atoms with Crippen LogP contribution in [-0.2, 0) is 16.7 Å². The van der Waals surface area contributed by atoms with Crippen LogP contribution in [0.1, 0.15) is 18.4 Å². The highest BCUT2D eigenvalue weighted by molar-refractivity contribution is 7.87. The van der Waals surface area contributed by atoms with Gasteiger partial charge in [-0.05, 0) is 72.9 Å². The number of hydrogen-bond acceptors (Lipinski definition) is 6. The van der Waals surface area contributed by atoms with Gasteiger partial charge in [-0.1, -0.05) is 24.3 Å². The number of urea groups is 1. The third-order valence-corrected chi connectivity index (χ3v) is 6.92. The standard InChI is InChI=1S/C26H28N2O6S/c1-32-21-13-15-23(16-14-21)35(30,31)34-22-11-9-20(10-12-22)18-28(17-19-7-8-19)26(29)27-24-5-3-4-6-25(24)33-2/h3-6,9-16,19H,7-8,17-18H2,1-2H3,(H,27,29). The molecule has 1 N–H and O–H groups in total. The van der Waals surface area contributed by atoms with Crippen molar-refractivity contribution in [1.82, 2.24) is 4.90 Å². The Morgan fingerprint density at radius 2 is 1.57 bits per heavy atom. The molecule has 1 aliphatic carbocycles. The van der Waals surface area contributed by atoms with Crippen molar-refractivity contribution >= 4 is 21.8 Å². The fourth-order valence-electron chi connectivity index (χ4n) is 3.56.